The Morgan fingerprint density at radius 3 is 2.48 bits per heavy atom. The second-order valence-electron chi connectivity index (χ2n) is 4.12. The van der Waals surface area contributed by atoms with Gasteiger partial charge >= 0.3 is 0 Å². The van der Waals surface area contributed by atoms with Crippen molar-refractivity contribution in [3.63, 3.8) is 0 Å². The summed E-state index contributed by atoms with van der Waals surface area (Å²) in [5, 5.41) is 7.43. The van der Waals surface area contributed by atoms with Crippen LogP contribution in [0.25, 0.3) is 0 Å². The van der Waals surface area contributed by atoms with E-state index in [0.29, 0.717) is 5.69 Å². The van der Waals surface area contributed by atoms with Crippen LogP contribution >= 0.6 is 0 Å². The Kier molecular flexibility index (Phi) is 4.05. The normalized spacial score (nSPS) is 10.9. The molecule has 1 aromatic carbocycles. The first-order chi connectivity index (χ1) is 9.83. The van der Waals surface area contributed by atoms with Gasteiger partial charge < -0.3 is 10.3 Å². The maximum Gasteiger partial charge on any atom is 0.296 e. The van der Waals surface area contributed by atoms with E-state index >= 15 is 0 Å². The summed E-state index contributed by atoms with van der Waals surface area (Å²) in [4.78, 5) is 25.2. The van der Waals surface area contributed by atoms with E-state index in [2.05, 4.69) is 15.0 Å². The number of hydrogen-bond donors (Lipinski definition) is 4. The van der Waals surface area contributed by atoms with Gasteiger partial charge in [-0.3, -0.25) is 14.3 Å². The number of nitrogens with one attached hydrogen (secondary N) is 3. The molecule has 1 heterocycles. The molecule has 0 atom stereocenters. The highest BCUT2D eigenvalue weighted by Gasteiger charge is 2.07. The molecule has 5 N–H and O–H groups in total. The number of H-pyrrole nitrogens is 1. The zero-order valence-electron chi connectivity index (χ0n) is 10.7. The van der Waals surface area contributed by atoms with Crippen LogP contribution in [-0.4, -0.2) is 19.3 Å². The number of aromatic amines is 1. The first-order valence-corrected chi connectivity index (χ1v) is 7.29. The summed E-state index contributed by atoms with van der Waals surface area (Å²) in [7, 11) is -3.88. The molecule has 8 nitrogen and oxygen atoms in total. The lowest BCUT2D eigenvalue weighted by Gasteiger charge is -2.08. The molecule has 0 fully saturated rings. The number of anilines is 2. The first-order valence-electron chi connectivity index (χ1n) is 5.74. The summed E-state index contributed by atoms with van der Waals surface area (Å²) >= 11 is 0. The smallest absolute Gasteiger partial charge is 0.296 e. The summed E-state index contributed by atoms with van der Waals surface area (Å²) in [6.07, 6.45) is 1.28. The molecule has 21 heavy (non-hydrogen) atoms. The maximum atomic E-state index is 11.9. The zero-order valence-corrected chi connectivity index (χ0v) is 11.5. The Balaban J connectivity index is 2.16. The Morgan fingerprint density at radius 1 is 1.14 bits per heavy atom. The zero-order chi connectivity index (χ0) is 15.5. The van der Waals surface area contributed by atoms with Crippen LogP contribution in [0.3, 0.4) is 0 Å². The molecule has 0 bridgehead atoms. The minimum Gasteiger partial charge on any atom is -0.328 e. The van der Waals surface area contributed by atoms with E-state index in [0.717, 1.165) is 0 Å². The fourth-order valence-electron chi connectivity index (χ4n) is 1.58. The van der Waals surface area contributed by atoms with Crippen molar-refractivity contribution in [1.82, 2.24) is 4.98 Å². The fraction of sp³-hybridized carbons (Fsp3) is 0. The summed E-state index contributed by atoms with van der Waals surface area (Å²) in [6, 6.07) is 8.64. The molecule has 1 aromatic heterocycles. The van der Waals surface area contributed by atoms with Crippen LogP contribution in [-0.2, 0) is 10.2 Å². The van der Waals surface area contributed by atoms with Gasteiger partial charge in [0.15, 0.2) is 0 Å². The lowest BCUT2D eigenvalue weighted by atomic mass is 10.2. The summed E-state index contributed by atoms with van der Waals surface area (Å²) in [5.41, 5.74) is 0.543. The van der Waals surface area contributed by atoms with Gasteiger partial charge in [-0.25, -0.2) is 5.14 Å². The Bertz CT molecular complexity index is 809. The van der Waals surface area contributed by atoms with E-state index in [1.165, 1.54) is 30.5 Å². The molecule has 9 heteroatoms. The van der Waals surface area contributed by atoms with Crippen molar-refractivity contribution in [2.45, 2.75) is 0 Å². The molecule has 0 aliphatic carbocycles. The average molecular weight is 308 g/mol. The lowest BCUT2D eigenvalue weighted by Crippen LogP contribution is -2.21. The van der Waals surface area contributed by atoms with E-state index in [1.54, 1.807) is 12.1 Å². The molecule has 0 spiro atoms. The number of pyridine rings is 1. The molecular weight excluding hydrogens is 296 g/mol. The van der Waals surface area contributed by atoms with Gasteiger partial charge in [0.1, 0.15) is 0 Å². The highest BCUT2D eigenvalue weighted by molar-refractivity contribution is 7.90. The molecule has 0 aliphatic rings. The standard InChI is InChI=1S/C12H12N4O4S/c13-21(19,20)16-10-3-1-2-9(6-10)15-12(18)8-4-5-11(17)14-7-8/h1-7,16H,(H,14,17)(H,15,18)(H2,13,19,20). The molecule has 2 aromatic rings. The van der Waals surface area contributed by atoms with Crippen molar-refractivity contribution in [2.24, 2.45) is 5.14 Å². The van der Waals surface area contributed by atoms with Crippen LogP contribution in [0.1, 0.15) is 10.4 Å². The first kappa shape index (κ1) is 14.8. The van der Waals surface area contributed by atoms with Gasteiger partial charge in [-0.05, 0) is 24.3 Å². The third kappa shape index (κ3) is 4.44. The predicted octanol–water partition coefficient (Wildman–Crippen LogP) is 0.243. The van der Waals surface area contributed by atoms with Gasteiger partial charge in [-0.1, -0.05) is 6.07 Å². The molecule has 0 unspecified atom stereocenters. The van der Waals surface area contributed by atoms with Crippen molar-refractivity contribution in [3.8, 4) is 0 Å². The summed E-state index contributed by atoms with van der Waals surface area (Å²) in [5.74, 6) is -0.445. The SMILES string of the molecule is NS(=O)(=O)Nc1cccc(NC(=O)c2ccc(=O)[nH]c2)c1. The largest absolute Gasteiger partial charge is 0.328 e. The molecule has 0 saturated heterocycles. The highest BCUT2D eigenvalue weighted by atomic mass is 32.2. The molecular formula is C12H12N4O4S. The number of amides is 1. The Morgan fingerprint density at radius 2 is 1.86 bits per heavy atom. The van der Waals surface area contributed by atoms with Gasteiger partial charge in [-0.15, -0.1) is 0 Å². The topological polar surface area (TPSA) is 134 Å². The van der Waals surface area contributed by atoms with Gasteiger partial charge in [0, 0.05) is 18.0 Å². The second kappa shape index (κ2) is 5.77. The van der Waals surface area contributed by atoms with Gasteiger partial charge in [0.05, 0.1) is 11.3 Å². The van der Waals surface area contributed by atoms with Crippen LogP contribution in [0.15, 0.2) is 47.4 Å². The number of rotatable bonds is 4. The lowest BCUT2D eigenvalue weighted by molar-refractivity contribution is 0.102. The summed E-state index contributed by atoms with van der Waals surface area (Å²) < 4.78 is 24.0. The maximum absolute atomic E-state index is 11.9. The minimum absolute atomic E-state index is 0.219. The third-order valence-electron chi connectivity index (χ3n) is 2.43. The van der Waals surface area contributed by atoms with Crippen molar-refractivity contribution in [2.75, 3.05) is 10.0 Å². The quantitative estimate of drug-likeness (QED) is 0.643. The number of nitrogens with two attached hydrogens (primary N) is 1. The molecule has 1 amide bonds. The van der Waals surface area contributed by atoms with Crippen LogP contribution in [0.2, 0.25) is 0 Å². The second-order valence-corrected chi connectivity index (χ2v) is 5.42. The Labute approximate surface area is 120 Å². The fourth-order valence-corrected chi connectivity index (χ4v) is 2.04. The molecule has 0 aliphatic heterocycles. The number of carbonyl (C=O) groups excluding carboxylic acids is 1. The molecule has 2 rings (SSSR count). The van der Waals surface area contributed by atoms with E-state index < -0.39 is 16.1 Å². The number of hydrogen-bond acceptors (Lipinski definition) is 4. The van der Waals surface area contributed by atoms with Gasteiger partial charge in [0.2, 0.25) is 5.56 Å². The summed E-state index contributed by atoms with van der Waals surface area (Å²) in [6.45, 7) is 0. The van der Waals surface area contributed by atoms with Crippen molar-refractivity contribution < 1.29 is 13.2 Å². The van der Waals surface area contributed by atoms with Crippen LogP contribution in [0.4, 0.5) is 11.4 Å². The minimum atomic E-state index is -3.88. The average Bonchev–Trinajstić information content (AvgIpc) is 2.37. The molecule has 0 radical (unpaired) electrons. The number of carbonyl (C=O) groups is 1. The monoisotopic (exact) mass is 308 g/mol. The van der Waals surface area contributed by atoms with E-state index in [9.17, 15) is 18.0 Å². The van der Waals surface area contributed by atoms with E-state index in [1.807, 2.05) is 0 Å². The Hall–Kier alpha value is -2.65. The van der Waals surface area contributed by atoms with E-state index in [4.69, 9.17) is 5.14 Å². The van der Waals surface area contributed by atoms with Crippen LogP contribution in [0.5, 0.6) is 0 Å². The van der Waals surface area contributed by atoms with Gasteiger partial charge in [-0.2, -0.15) is 8.42 Å². The number of benzene rings is 1. The molecule has 0 saturated carbocycles. The van der Waals surface area contributed by atoms with Crippen molar-refractivity contribution in [1.29, 1.82) is 0 Å². The van der Waals surface area contributed by atoms with E-state index in [-0.39, 0.29) is 16.8 Å². The van der Waals surface area contributed by atoms with Crippen molar-refractivity contribution in [3.05, 3.63) is 58.5 Å². The third-order valence-corrected chi connectivity index (χ3v) is 2.95. The number of aromatic nitrogens is 1. The van der Waals surface area contributed by atoms with Crippen LogP contribution < -0.4 is 20.7 Å². The molecule has 110 valence electrons. The van der Waals surface area contributed by atoms with Gasteiger partial charge in [0.25, 0.3) is 16.1 Å². The van der Waals surface area contributed by atoms with Crippen molar-refractivity contribution >= 4 is 27.5 Å². The predicted molar refractivity (Wildman–Crippen MR) is 78.2 cm³/mol. The van der Waals surface area contributed by atoms with Crippen LogP contribution in [0, 0.1) is 0 Å². The highest BCUT2D eigenvalue weighted by Crippen LogP contribution is 2.16.